The van der Waals surface area contributed by atoms with Crippen LogP contribution in [0.2, 0.25) is 0 Å². The van der Waals surface area contributed by atoms with Gasteiger partial charge < -0.3 is 5.11 Å². The lowest BCUT2D eigenvalue weighted by atomic mass is 10.0. The minimum absolute atomic E-state index is 0.0831. The highest BCUT2D eigenvalue weighted by Gasteiger charge is 2.18. The molecule has 0 heterocycles. The summed E-state index contributed by atoms with van der Waals surface area (Å²) in [4.78, 5) is 10.1. The monoisotopic (exact) mass is 166 g/mol. The first kappa shape index (κ1) is 9.72. The molecule has 0 aromatic rings. The molecule has 10 heavy (non-hydrogen) atoms. The summed E-state index contributed by atoms with van der Waals surface area (Å²) in [6, 6.07) is 0. The van der Waals surface area contributed by atoms with Crippen molar-refractivity contribution >= 4 is 17.8 Å². The Kier molecular flexibility index (Phi) is 3.68. The van der Waals surface area contributed by atoms with Crippen LogP contribution >= 0.6 is 11.9 Å². The van der Waals surface area contributed by atoms with E-state index in [0.717, 1.165) is 0 Å². The van der Waals surface area contributed by atoms with Crippen molar-refractivity contribution in [2.24, 2.45) is 0 Å². The molecule has 60 valence electrons. The van der Waals surface area contributed by atoms with Gasteiger partial charge in [0.05, 0.1) is 17.5 Å². The molecule has 0 aliphatic carbocycles. The van der Waals surface area contributed by atoms with Crippen LogP contribution in [-0.4, -0.2) is 16.7 Å². The summed E-state index contributed by atoms with van der Waals surface area (Å²) in [6.45, 7) is 3.48. The van der Waals surface area contributed by atoms with Crippen LogP contribution in [0.25, 0.3) is 0 Å². The molecule has 0 saturated carbocycles. The van der Waals surface area contributed by atoms with Gasteiger partial charge in [0, 0.05) is 6.42 Å². The van der Waals surface area contributed by atoms with E-state index in [-0.39, 0.29) is 6.42 Å². The van der Waals surface area contributed by atoms with Gasteiger partial charge in [-0.05, 0) is 20.3 Å². The molecule has 0 fully saturated rings. The Balaban J connectivity index is 3.56. The molecule has 0 aromatic carbocycles. The van der Waals surface area contributed by atoms with E-state index in [9.17, 15) is 4.79 Å². The first-order valence-electron chi connectivity index (χ1n) is 2.99. The van der Waals surface area contributed by atoms with Crippen molar-refractivity contribution in [2.45, 2.75) is 32.3 Å². The predicted octanol–water partition coefficient (Wildman–Crippen LogP) is 1.80. The molecule has 0 saturated heterocycles. The Morgan fingerprint density at radius 2 is 2.20 bits per heavy atom. The average Bonchev–Trinajstić information content (AvgIpc) is 1.85. The second-order valence-electron chi connectivity index (χ2n) is 2.73. The highest BCUT2D eigenvalue weighted by molar-refractivity contribution is 6.07. The number of carboxylic acids is 1. The summed E-state index contributed by atoms with van der Waals surface area (Å²) in [7, 11) is 0. The number of halogens is 1. The molecular formula is C6H11ClO3. The van der Waals surface area contributed by atoms with Gasteiger partial charge in [0.1, 0.15) is 0 Å². The van der Waals surface area contributed by atoms with E-state index in [1.54, 1.807) is 13.8 Å². The summed E-state index contributed by atoms with van der Waals surface area (Å²) < 4.78 is 4.50. The third-order valence-electron chi connectivity index (χ3n) is 1.15. The molecule has 0 aliphatic heterocycles. The molecule has 0 spiro atoms. The van der Waals surface area contributed by atoms with Gasteiger partial charge in [0.25, 0.3) is 0 Å². The topological polar surface area (TPSA) is 46.5 Å². The Labute approximate surface area is 65.1 Å². The van der Waals surface area contributed by atoms with E-state index in [0.29, 0.717) is 6.42 Å². The molecule has 4 heteroatoms. The highest BCUT2D eigenvalue weighted by Crippen LogP contribution is 2.17. The maximum absolute atomic E-state index is 10.1. The Bertz CT molecular complexity index is 122. The van der Waals surface area contributed by atoms with Crippen molar-refractivity contribution in [3.05, 3.63) is 0 Å². The van der Waals surface area contributed by atoms with Crippen molar-refractivity contribution in [2.75, 3.05) is 0 Å². The Hall–Kier alpha value is -0.280. The third-order valence-corrected chi connectivity index (χ3v) is 1.57. The minimum Gasteiger partial charge on any atom is -0.481 e. The summed E-state index contributed by atoms with van der Waals surface area (Å²) in [5.74, 6) is -0.832. The summed E-state index contributed by atoms with van der Waals surface area (Å²) in [6.07, 6.45) is 0.506. The lowest BCUT2D eigenvalue weighted by Gasteiger charge is -2.18. The Morgan fingerprint density at radius 3 is 2.50 bits per heavy atom. The van der Waals surface area contributed by atoms with Crippen molar-refractivity contribution in [1.29, 1.82) is 0 Å². The van der Waals surface area contributed by atoms with Gasteiger partial charge in [-0.15, -0.1) is 0 Å². The van der Waals surface area contributed by atoms with Gasteiger partial charge in [0.15, 0.2) is 0 Å². The van der Waals surface area contributed by atoms with E-state index in [1.807, 2.05) is 0 Å². The maximum atomic E-state index is 10.1. The van der Waals surface area contributed by atoms with Gasteiger partial charge in [-0.1, -0.05) is 0 Å². The minimum atomic E-state index is -0.832. The SMILES string of the molecule is CC(C)(CCC(=O)O)OCl. The number of carbonyl (C=O) groups is 1. The molecule has 0 radical (unpaired) electrons. The second kappa shape index (κ2) is 3.78. The van der Waals surface area contributed by atoms with Crippen LogP contribution in [0, 0.1) is 0 Å². The summed E-state index contributed by atoms with van der Waals surface area (Å²) in [5.41, 5.74) is -0.542. The third kappa shape index (κ3) is 4.58. The van der Waals surface area contributed by atoms with Crippen LogP contribution in [0.4, 0.5) is 0 Å². The van der Waals surface area contributed by atoms with Gasteiger partial charge in [-0.3, -0.25) is 9.08 Å². The summed E-state index contributed by atoms with van der Waals surface area (Å²) in [5, 5.41) is 8.27. The van der Waals surface area contributed by atoms with Crippen molar-refractivity contribution in [3.63, 3.8) is 0 Å². The van der Waals surface area contributed by atoms with E-state index < -0.39 is 11.6 Å². The van der Waals surface area contributed by atoms with Crippen molar-refractivity contribution in [1.82, 2.24) is 0 Å². The number of aliphatic carboxylic acids is 1. The Morgan fingerprint density at radius 1 is 1.70 bits per heavy atom. The lowest BCUT2D eigenvalue weighted by Crippen LogP contribution is -2.21. The lowest BCUT2D eigenvalue weighted by molar-refractivity contribution is -0.138. The summed E-state index contributed by atoms with van der Waals surface area (Å²) >= 11 is 5.08. The molecule has 0 bridgehead atoms. The fourth-order valence-corrected chi connectivity index (χ4v) is 0.524. The van der Waals surface area contributed by atoms with Gasteiger partial charge in [-0.25, -0.2) is 0 Å². The second-order valence-corrected chi connectivity index (χ2v) is 2.88. The van der Waals surface area contributed by atoms with Crippen LogP contribution in [0.5, 0.6) is 0 Å². The molecule has 0 aliphatic rings. The quantitative estimate of drug-likeness (QED) is 0.693. The van der Waals surface area contributed by atoms with E-state index in [4.69, 9.17) is 17.0 Å². The largest absolute Gasteiger partial charge is 0.481 e. The smallest absolute Gasteiger partial charge is 0.303 e. The molecule has 0 amide bonds. The molecule has 0 rings (SSSR count). The number of hydrogen-bond donors (Lipinski definition) is 1. The predicted molar refractivity (Wildman–Crippen MR) is 37.9 cm³/mol. The van der Waals surface area contributed by atoms with Crippen molar-refractivity contribution in [3.8, 4) is 0 Å². The van der Waals surface area contributed by atoms with E-state index >= 15 is 0 Å². The zero-order chi connectivity index (χ0) is 8.20. The first-order chi connectivity index (χ1) is 4.48. The number of rotatable bonds is 4. The number of carboxylic acid groups (broad SMARTS) is 1. The fourth-order valence-electron chi connectivity index (χ4n) is 0.447. The molecule has 3 nitrogen and oxygen atoms in total. The highest BCUT2D eigenvalue weighted by atomic mass is 35.5. The van der Waals surface area contributed by atoms with Crippen LogP contribution in [0.15, 0.2) is 0 Å². The normalized spacial score (nSPS) is 11.5. The van der Waals surface area contributed by atoms with Gasteiger partial charge >= 0.3 is 5.97 Å². The molecular weight excluding hydrogens is 156 g/mol. The van der Waals surface area contributed by atoms with Gasteiger partial charge in [0.2, 0.25) is 0 Å². The van der Waals surface area contributed by atoms with E-state index in [2.05, 4.69) is 4.29 Å². The maximum Gasteiger partial charge on any atom is 0.303 e. The van der Waals surface area contributed by atoms with Crippen LogP contribution in [0.3, 0.4) is 0 Å². The zero-order valence-corrected chi connectivity index (χ0v) is 6.81. The van der Waals surface area contributed by atoms with Crippen molar-refractivity contribution < 1.29 is 14.2 Å². The fraction of sp³-hybridized carbons (Fsp3) is 0.833. The average molecular weight is 167 g/mol. The standard InChI is InChI=1S/C6H11ClO3/c1-6(2,10-7)4-3-5(8)9/h3-4H2,1-2H3,(H,8,9). The van der Waals surface area contributed by atoms with Crippen LogP contribution in [-0.2, 0) is 9.08 Å². The van der Waals surface area contributed by atoms with E-state index in [1.165, 1.54) is 0 Å². The van der Waals surface area contributed by atoms with Crippen LogP contribution < -0.4 is 0 Å². The first-order valence-corrected chi connectivity index (χ1v) is 3.30. The molecule has 0 atom stereocenters. The van der Waals surface area contributed by atoms with Gasteiger partial charge in [-0.2, -0.15) is 0 Å². The molecule has 0 unspecified atom stereocenters. The molecule has 1 N–H and O–H groups in total. The number of hydrogen-bond acceptors (Lipinski definition) is 2. The zero-order valence-electron chi connectivity index (χ0n) is 6.06. The molecule has 0 aromatic heterocycles. The van der Waals surface area contributed by atoms with Crippen LogP contribution in [0.1, 0.15) is 26.7 Å².